The van der Waals surface area contributed by atoms with E-state index in [1.165, 1.54) is 21.2 Å². The van der Waals surface area contributed by atoms with Gasteiger partial charge in [-0.05, 0) is 48.5 Å². The van der Waals surface area contributed by atoms with E-state index in [-0.39, 0.29) is 5.57 Å². The molecule has 5 rings (SSSR count). The summed E-state index contributed by atoms with van der Waals surface area (Å²) in [5.74, 6) is 2.21. The molecule has 0 saturated heterocycles. The lowest BCUT2D eigenvalue weighted by molar-refractivity contribution is 1.50. The van der Waals surface area contributed by atoms with Gasteiger partial charge in [0.1, 0.15) is 17.7 Å². The number of allylic oxidation sites excluding steroid dienone is 2. The molecule has 5 aromatic rings. The first kappa shape index (κ1) is 27.7. The summed E-state index contributed by atoms with van der Waals surface area (Å²) in [5.41, 5.74) is 2.18. The van der Waals surface area contributed by atoms with Crippen molar-refractivity contribution in [3.8, 4) is 12.1 Å². The number of nitrogens with zero attached hydrogens (tertiary/aromatic N) is 2. The van der Waals surface area contributed by atoms with Gasteiger partial charge < -0.3 is 0 Å². The van der Waals surface area contributed by atoms with Crippen molar-refractivity contribution in [2.75, 3.05) is 0 Å². The molecule has 1 N–H and O–H groups in total. The largest absolute Gasteiger partial charge is 0.258 e. The van der Waals surface area contributed by atoms with Crippen molar-refractivity contribution in [3.63, 3.8) is 0 Å². The molecule has 0 unspecified atom stereocenters. The van der Waals surface area contributed by atoms with Crippen LogP contribution in [-0.4, -0.2) is 5.87 Å². The predicted molar refractivity (Wildman–Crippen MR) is 174 cm³/mol. The molecule has 0 spiro atoms. The highest BCUT2D eigenvalue weighted by Gasteiger charge is 2.31. The fourth-order valence-electron chi connectivity index (χ4n) is 4.63. The average molecular weight is 562 g/mol. The number of hydrogen-bond acceptors (Lipinski definition) is 3. The van der Waals surface area contributed by atoms with Crippen LogP contribution in [0.1, 0.15) is 11.1 Å². The van der Waals surface area contributed by atoms with Crippen LogP contribution in [0.15, 0.2) is 151 Å². The van der Waals surface area contributed by atoms with Crippen LogP contribution < -0.4 is 21.2 Å². The van der Waals surface area contributed by atoms with E-state index in [1.807, 2.05) is 42.5 Å². The standard InChI is InChI=1S/C36H25N3P2/c37-25-30(26-38)28-21-23-29(24-22-28)35(27-39)36(40(31-13-5-1-6-14-31)32-15-7-2-8-16-32)41(33-17-9-3-10-18-33)34-19-11-4-12-20-34/h1-24,37H. The SMILES string of the molecule is N#CC(=C=N)c1ccc(C(C#N)=C(P(c2ccccc2)c2ccccc2)P(c2ccccc2)c2ccccc2)cc1. The second-order valence-electron chi connectivity index (χ2n) is 9.01. The van der Waals surface area contributed by atoms with Gasteiger partial charge in [-0.25, -0.2) is 0 Å². The molecular weight excluding hydrogens is 536 g/mol. The normalized spacial score (nSPS) is 10.3. The van der Waals surface area contributed by atoms with Gasteiger partial charge in [0.2, 0.25) is 0 Å². The van der Waals surface area contributed by atoms with Crippen LogP contribution in [0.4, 0.5) is 0 Å². The van der Waals surface area contributed by atoms with Crippen LogP contribution in [0.3, 0.4) is 0 Å². The zero-order chi connectivity index (χ0) is 28.4. The predicted octanol–water partition coefficient (Wildman–Crippen LogP) is 7.30. The van der Waals surface area contributed by atoms with Gasteiger partial charge in [-0.1, -0.05) is 146 Å². The van der Waals surface area contributed by atoms with Gasteiger partial charge in [0, 0.05) is 10.6 Å². The Labute approximate surface area is 243 Å². The van der Waals surface area contributed by atoms with Crippen LogP contribution >= 0.6 is 15.8 Å². The Morgan fingerprint density at radius 3 is 1.10 bits per heavy atom. The Morgan fingerprint density at radius 1 is 0.463 bits per heavy atom. The minimum absolute atomic E-state index is 0.158. The Kier molecular flexibility index (Phi) is 9.09. The molecule has 0 saturated carbocycles. The molecule has 0 bridgehead atoms. The van der Waals surface area contributed by atoms with E-state index < -0.39 is 15.8 Å². The molecule has 0 amide bonds. The van der Waals surface area contributed by atoms with E-state index in [4.69, 9.17) is 5.41 Å². The zero-order valence-corrected chi connectivity index (χ0v) is 23.9. The van der Waals surface area contributed by atoms with Crippen LogP contribution in [-0.2, 0) is 0 Å². The molecule has 0 aliphatic rings. The van der Waals surface area contributed by atoms with Crippen molar-refractivity contribution >= 4 is 54.1 Å². The highest BCUT2D eigenvalue weighted by molar-refractivity contribution is 7.95. The lowest BCUT2D eigenvalue weighted by Gasteiger charge is -2.31. The van der Waals surface area contributed by atoms with Crippen molar-refractivity contribution in [1.82, 2.24) is 0 Å². The first-order valence-corrected chi connectivity index (χ1v) is 15.7. The topological polar surface area (TPSA) is 71.4 Å². The van der Waals surface area contributed by atoms with Crippen molar-refractivity contribution in [2.24, 2.45) is 0 Å². The quantitative estimate of drug-likeness (QED) is 0.123. The smallest absolute Gasteiger partial charge is 0.120 e. The fourth-order valence-corrected chi connectivity index (χ4v) is 11.1. The van der Waals surface area contributed by atoms with Gasteiger partial charge in [-0.3, -0.25) is 5.41 Å². The van der Waals surface area contributed by atoms with Gasteiger partial charge in [0.25, 0.3) is 0 Å². The zero-order valence-electron chi connectivity index (χ0n) is 22.1. The van der Waals surface area contributed by atoms with E-state index in [2.05, 4.69) is 109 Å². The van der Waals surface area contributed by atoms with Gasteiger partial charge in [0.15, 0.2) is 0 Å². The van der Waals surface area contributed by atoms with Crippen molar-refractivity contribution in [3.05, 3.63) is 162 Å². The van der Waals surface area contributed by atoms with Crippen LogP contribution in [0, 0.1) is 28.1 Å². The number of benzene rings is 5. The third-order valence-corrected chi connectivity index (χ3v) is 12.3. The summed E-state index contributed by atoms with van der Waals surface area (Å²) in [6.07, 6.45) is 0. The molecule has 0 aromatic heterocycles. The molecule has 0 aliphatic heterocycles. The monoisotopic (exact) mass is 561 g/mol. The molecule has 5 aromatic carbocycles. The molecule has 5 heteroatoms. The summed E-state index contributed by atoms with van der Waals surface area (Å²) in [6.45, 7) is 0. The third-order valence-electron chi connectivity index (χ3n) is 6.52. The van der Waals surface area contributed by atoms with Crippen molar-refractivity contribution < 1.29 is 0 Å². The lowest BCUT2D eigenvalue weighted by Crippen LogP contribution is -2.19. The van der Waals surface area contributed by atoms with Gasteiger partial charge in [0.05, 0.1) is 5.57 Å². The molecule has 194 valence electrons. The summed E-state index contributed by atoms with van der Waals surface area (Å²) in [4.78, 5) is 0. The number of nitriles is 2. The third kappa shape index (κ3) is 6.16. The first-order chi connectivity index (χ1) is 20.2. The number of rotatable bonds is 8. The Bertz CT molecular complexity index is 1620. The second kappa shape index (κ2) is 13.5. The van der Waals surface area contributed by atoms with Crippen LogP contribution in [0.5, 0.6) is 0 Å². The summed E-state index contributed by atoms with van der Waals surface area (Å²) >= 11 is 0. The molecule has 3 nitrogen and oxygen atoms in total. The van der Waals surface area contributed by atoms with Crippen LogP contribution in [0.2, 0.25) is 0 Å². The number of hydrogen-bond donors (Lipinski definition) is 1. The maximum Gasteiger partial charge on any atom is 0.120 e. The molecule has 0 heterocycles. The van der Waals surface area contributed by atoms with Gasteiger partial charge in [-0.15, -0.1) is 0 Å². The van der Waals surface area contributed by atoms with Crippen LogP contribution in [0.25, 0.3) is 11.1 Å². The second-order valence-corrected chi connectivity index (χ2v) is 13.7. The minimum atomic E-state index is -1.11. The Hall–Kier alpha value is -4.87. The molecule has 0 aliphatic carbocycles. The summed E-state index contributed by atoms with van der Waals surface area (Å²) in [7, 11) is -2.22. The maximum atomic E-state index is 10.9. The Morgan fingerprint density at radius 2 is 0.805 bits per heavy atom. The molecule has 0 atom stereocenters. The highest BCUT2D eigenvalue weighted by Crippen LogP contribution is 2.62. The van der Waals surface area contributed by atoms with E-state index in [0.717, 1.165) is 10.6 Å². The molecule has 0 fully saturated rings. The van der Waals surface area contributed by atoms with E-state index in [1.54, 1.807) is 12.1 Å². The van der Waals surface area contributed by atoms with E-state index in [9.17, 15) is 10.5 Å². The highest BCUT2D eigenvalue weighted by atomic mass is 31.2. The van der Waals surface area contributed by atoms with Crippen molar-refractivity contribution in [1.29, 1.82) is 15.9 Å². The lowest BCUT2D eigenvalue weighted by atomic mass is 10.0. The fraction of sp³-hybridized carbons (Fsp3) is 0. The molecule has 41 heavy (non-hydrogen) atoms. The maximum absolute atomic E-state index is 10.9. The van der Waals surface area contributed by atoms with Gasteiger partial charge in [-0.2, -0.15) is 10.5 Å². The van der Waals surface area contributed by atoms with Crippen molar-refractivity contribution in [2.45, 2.75) is 0 Å². The molecule has 0 radical (unpaired) electrons. The summed E-state index contributed by atoms with van der Waals surface area (Å²) < 4.78 is 0. The van der Waals surface area contributed by atoms with E-state index in [0.29, 0.717) is 11.1 Å². The molecular formula is C36H25N3P2. The van der Waals surface area contributed by atoms with E-state index >= 15 is 0 Å². The first-order valence-electron chi connectivity index (χ1n) is 13.0. The number of nitrogens with one attached hydrogen (secondary N) is 1. The average Bonchev–Trinajstić information content (AvgIpc) is 3.05. The Balaban J connectivity index is 1.88. The minimum Gasteiger partial charge on any atom is -0.258 e. The summed E-state index contributed by atoms with van der Waals surface area (Å²) in [6, 6.07) is 53.9. The summed E-state index contributed by atoms with van der Waals surface area (Å²) in [5, 5.41) is 33.6. The van der Waals surface area contributed by atoms with Gasteiger partial charge >= 0.3 is 0 Å².